The van der Waals surface area contributed by atoms with Gasteiger partial charge in [-0.05, 0) is 77.8 Å². The Hall–Kier alpha value is -4.62. The fourth-order valence-corrected chi connectivity index (χ4v) is 4.19. The fraction of sp³-hybridized carbons (Fsp3) is 0.150. The lowest BCUT2D eigenvalue weighted by Crippen LogP contribution is -1.87. The third-order valence-electron chi connectivity index (χ3n) is 6.39. The van der Waals surface area contributed by atoms with E-state index in [0.717, 1.165) is 24.9 Å². The van der Waals surface area contributed by atoms with Gasteiger partial charge in [-0.25, -0.2) is 0 Å². The molecule has 1 nitrogen and oxygen atoms in total. The van der Waals surface area contributed by atoms with E-state index >= 15 is 0 Å². The zero-order valence-corrected chi connectivity index (χ0v) is 24.7. The molecule has 0 unspecified atom stereocenters. The predicted molar refractivity (Wildman–Crippen MR) is 184 cm³/mol. The van der Waals surface area contributed by atoms with Crippen molar-refractivity contribution in [1.29, 1.82) is 0 Å². The second-order valence-electron chi connectivity index (χ2n) is 9.31. The topological polar surface area (TPSA) is 12.0 Å². The maximum Gasteiger partial charge on any atom is 0.0380 e. The van der Waals surface area contributed by atoms with E-state index in [2.05, 4.69) is 164 Å². The molecule has 0 aromatic heterocycles. The molecule has 3 aromatic rings. The lowest BCUT2D eigenvalue weighted by molar-refractivity contribution is 1.25. The van der Waals surface area contributed by atoms with Gasteiger partial charge in [-0.15, -0.1) is 0 Å². The molecule has 0 aliphatic heterocycles. The monoisotopic (exact) mass is 537 g/mol. The largest absolute Gasteiger partial charge is 0.362 e. The number of allylic oxidation sites excluding steroid dienone is 14. The van der Waals surface area contributed by atoms with E-state index in [9.17, 15) is 0 Å². The molecule has 0 fully saturated rings. The first-order valence-corrected chi connectivity index (χ1v) is 14.7. The van der Waals surface area contributed by atoms with E-state index in [0.29, 0.717) is 0 Å². The summed E-state index contributed by atoms with van der Waals surface area (Å²) >= 11 is 0. The SMILES string of the molecule is CC.CC=CC/C=C\CC(/C=C\c1ccc(C2=CC=CCC=C2)cc1)=C/C=C/Nc1ccc(-c2ccccc2)cc1. The van der Waals surface area contributed by atoms with Gasteiger partial charge in [0.15, 0.2) is 0 Å². The van der Waals surface area contributed by atoms with Crippen molar-refractivity contribution in [2.45, 2.75) is 40.0 Å². The molecule has 0 atom stereocenters. The minimum atomic E-state index is 0.881. The van der Waals surface area contributed by atoms with E-state index in [4.69, 9.17) is 0 Å². The van der Waals surface area contributed by atoms with Gasteiger partial charge in [0.05, 0.1) is 0 Å². The highest BCUT2D eigenvalue weighted by Gasteiger charge is 1.99. The standard InChI is InChI=1S/C38H37N.C2H6/c1-2-3-4-5-9-15-32(21-22-33-23-25-36(26-24-33)34-17-10-6-7-11-18-34)16-14-31-39-38-29-27-37(28-30-38)35-19-12-8-13-20-35;1-2/h2-3,5-6,8-14,16-31,39H,4,7,15H2,1H3;1-2H3/b3-2?,9-5-,22-21-,31-14+,32-16-;. The molecule has 208 valence electrons. The number of anilines is 1. The van der Waals surface area contributed by atoms with Crippen LogP contribution in [0.5, 0.6) is 0 Å². The maximum atomic E-state index is 3.39. The van der Waals surface area contributed by atoms with Crippen molar-refractivity contribution in [3.63, 3.8) is 0 Å². The van der Waals surface area contributed by atoms with Crippen LogP contribution in [0.2, 0.25) is 0 Å². The zero-order chi connectivity index (χ0) is 29.0. The average molecular weight is 538 g/mol. The first-order valence-electron chi connectivity index (χ1n) is 14.7. The molecule has 41 heavy (non-hydrogen) atoms. The Kier molecular flexibility index (Phi) is 14.0. The van der Waals surface area contributed by atoms with Crippen molar-refractivity contribution < 1.29 is 0 Å². The molecule has 1 heteroatoms. The molecule has 0 radical (unpaired) electrons. The molecule has 1 aliphatic rings. The van der Waals surface area contributed by atoms with Crippen molar-refractivity contribution in [1.82, 2.24) is 0 Å². The lowest BCUT2D eigenvalue weighted by Gasteiger charge is -2.04. The van der Waals surface area contributed by atoms with Crippen molar-refractivity contribution in [2.75, 3.05) is 5.32 Å². The summed E-state index contributed by atoms with van der Waals surface area (Å²) in [6, 6.07) is 27.7. The Bertz CT molecular complexity index is 1400. The molecule has 0 heterocycles. The minimum Gasteiger partial charge on any atom is -0.362 e. The third kappa shape index (κ3) is 11.2. The highest BCUT2D eigenvalue weighted by molar-refractivity contribution is 5.76. The molecule has 1 N–H and O–H groups in total. The van der Waals surface area contributed by atoms with E-state index in [-0.39, 0.29) is 0 Å². The van der Waals surface area contributed by atoms with Gasteiger partial charge in [0.25, 0.3) is 0 Å². The van der Waals surface area contributed by atoms with Gasteiger partial charge in [0.2, 0.25) is 0 Å². The van der Waals surface area contributed by atoms with Crippen LogP contribution in [0.3, 0.4) is 0 Å². The summed E-state index contributed by atoms with van der Waals surface area (Å²) in [5.41, 5.74) is 8.43. The van der Waals surface area contributed by atoms with E-state index < -0.39 is 0 Å². The van der Waals surface area contributed by atoms with Gasteiger partial charge in [-0.1, -0.05) is 153 Å². The molecule has 0 saturated carbocycles. The summed E-state index contributed by atoms with van der Waals surface area (Å²) < 4.78 is 0. The Morgan fingerprint density at radius 3 is 2.27 bits per heavy atom. The molecule has 0 saturated heterocycles. The van der Waals surface area contributed by atoms with Gasteiger partial charge in [-0.3, -0.25) is 0 Å². The van der Waals surface area contributed by atoms with E-state index in [1.165, 1.54) is 33.4 Å². The Labute approximate surface area is 248 Å². The van der Waals surface area contributed by atoms with E-state index in [1.807, 2.05) is 26.1 Å². The summed E-state index contributed by atoms with van der Waals surface area (Å²) in [5.74, 6) is 0. The number of nitrogens with one attached hydrogen (secondary N) is 1. The van der Waals surface area contributed by atoms with Gasteiger partial charge in [-0.2, -0.15) is 0 Å². The normalized spacial score (nSPS) is 13.5. The van der Waals surface area contributed by atoms with Crippen LogP contribution >= 0.6 is 0 Å². The summed E-state index contributed by atoms with van der Waals surface area (Å²) in [6.07, 6.45) is 33.1. The fourth-order valence-electron chi connectivity index (χ4n) is 4.19. The minimum absolute atomic E-state index is 0.881. The molecular weight excluding hydrogens is 494 g/mol. The van der Waals surface area contributed by atoms with Gasteiger partial charge < -0.3 is 5.32 Å². The molecule has 1 aliphatic carbocycles. The number of hydrogen-bond acceptors (Lipinski definition) is 1. The van der Waals surface area contributed by atoms with Crippen LogP contribution in [0.15, 0.2) is 164 Å². The van der Waals surface area contributed by atoms with Gasteiger partial charge in [0.1, 0.15) is 0 Å². The average Bonchev–Trinajstić information content (AvgIpc) is 3.33. The number of benzene rings is 3. The summed E-state index contributed by atoms with van der Waals surface area (Å²) in [5, 5.41) is 3.39. The van der Waals surface area contributed by atoms with Crippen LogP contribution in [-0.2, 0) is 0 Å². The van der Waals surface area contributed by atoms with Crippen LogP contribution in [0.25, 0.3) is 22.8 Å². The first-order chi connectivity index (χ1) is 20.3. The molecule has 4 rings (SSSR count). The van der Waals surface area contributed by atoms with Crippen LogP contribution in [0.4, 0.5) is 5.69 Å². The smallest absolute Gasteiger partial charge is 0.0380 e. The first kappa shape index (κ1) is 30.9. The zero-order valence-electron chi connectivity index (χ0n) is 24.7. The van der Waals surface area contributed by atoms with Gasteiger partial charge in [0, 0.05) is 11.9 Å². The highest BCUT2D eigenvalue weighted by Crippen LogP contribution is 2.22. The second kappa shape index (κ2) is 18.6. The van der Waals surface area contributed by atoms with Gasteiger partial charge >= 0.3 is 0 Å². The molecule has 0 amide bonds. The molecule has 0 bridgehead atoms. The predicted octanol–water partition coefficient (Wildman–Crippen LogP) is 11.8. The van der Waals surface area contributed by atoms with Crippen LogP contribution < -0.4 is 5.32 Å². The van der Waals surface area contributed by atoms with Crippen LogP contribution in [-0.4, -0.2) is 0 Å². The Morgan fingerprint density at radius 1 is 0.780 bits per heavy atom. The third-order valence-corrected chi connectivity index (χ3v) is 6.39. The van der Waals surface area contributed by atoms with E-state index in [1.54, 1.807) is 0 Å². The Balaban J connectivity index is 0.00000226. The summed E-state index contributed by atoms with van der Waals surface area (Å²) in [6.45, 7) is 6.06. The maximum absolute atomic E-state index is 3.39. The number of hydrogen-bond donors (Lipinski definition) is 1. The summed E-state index contributed by atoms with van der Waals surface area (Å²) in [7, 11) is 0. The quantitative estimate of drug-likeness (QED) is 0.189. The molecule has 3 aromatic carbocycles. The van der Waals surface area contributed by atoms with Crippen molar-refractivity contribution in [3.05, 3.63) is 175 Å². The Morgan fingerprint density at radius 2 is 1.51 bits per heavy atom. The molecular formula is C40H43N. The summed E-state index contributed by atoms with van der Waals surface area (Å²) in [4.78, 5) is 0. The van der Waals surface area contributed by atoms with Crippen molar-refractivity contribution >= 4 is 17.3 Å². The lowest BCUT2D eigenvalue weighted by atomic mass is 10.0. The van der Waals surface area contributed by atoms with Crippen molar-refractivity contribution in [2.24, 2.45) is 0 Å². The second-order valence-corrected chi connectivity index (χ2v) is 9.31. The van der Waals surface area contributed by atoms with Crippen LogP contribution in [0.1, 0.15) is 51.2 Å². The highest BCUT2D eigenvalue weighted by atomic mass is 14.8. The molecule has 0 spiro atoms. The van der Waals surface area contributed by atoms with Crippen molar-refractivity contribution in [3.8, 4) is 11.1 Å². The number of rotatable bonds is 11. The van der Waals surface area contributed by atoms with Crippen LogP contribution in [0, 0.1) is 0 Å².